The first-order chi connectivity index (χ1) is 21.3. The van der Waals surface area contributed by atoms with E-state index in [0.29, 0.717) is 32.1 Å². The zero-order chi connectivity index (χ0) is 32.1. The lowest BCUT2D eigenvalue weighted by Gasteiger charge is -2.61. The van der Waals surface area contributed by atoms with Gasteiger partial charge in [-0.3, -0.25) is 14.4 Å². The topological polar surface area (TPSA) is 133 Å². The molecule has 4 fully saturated rings. The molecule has 7 aliphatic rings. The quantitative estimate of drug-likeness (QED) is 0.258. The molecule has 45 heavy (non-hydrogen) atoms. The summed E-state index contributed by atoms with van der Waals surface area (Å²) < 4.78 is 42.3. The van der Waals surface area contributed by atoms with Crippen LogP contribution in [-0.4, -0.2) is 80.0 Å². The number of rotatable bonds is 4. The van der Waals surface area contributed by atoms with Crippen LogP contribution in [0.15, 0.2) is 34.9 Å². The Bertz CT molecular complexity index is 1430. The van der Waals surface area contributed by atoms with Crippen molar-refractivity contribution in [3.63, 3.8) is 0 Å². The zero-order valence-corrected chi connectivity index (χ0v) is 26.7. The predicted molar refractivity (Wildman–Crippen MR) is 155 cm³/mol. The van der Waals surface area contributed by atoms with E-state index >= 15 is 0 Å². The third-order valence-electron chi connectivity index (χ3n) is 11.6. The van der Waals surface area contributed by atoms with Gasteiger partial charge < -0.3 is 33.2 Å². The number of carbonyl (C=O) groups excluding carboxylic acids is 4. The summed E-state index contributed by atoms with van der Waals surface area (Å²) in [7, 11) is 1.55. The number of hydrogen-bond acceptors (Lipinski definition) is 11. The molecule has 11 heteroatoms. The predicted octanol–water partition coefficient (Wildman–Crippen LogP) is 3.49. The summed E-state index contributed by atoms with van der Waals surface area (Å²) in [5, 5.41) is 0. The number of allylic oxidation sites excluding steroid dienone is 2. The van der Waals surface area contributed by atoms with Crippen molar-refractivity contribution in [2.45, 2.75) is 109 Å². The fourth-order valence-electron chi connectivity index (χ4n) is 9.81. The number of methoxy groups -OCH3 is 1. The molecule has 2 saturated carbocycles. The van der Waals surface area contributed by atoms with Crippen LogP contribution in [0.4, 0.5) is 0 Å². The van der Waals surface area contributed by atoms with E-state index in [0.717, 1.165) is 16.7 Å². The molecule has 0 N–H and O–H groups in total. The Balaban J connectivity index is 1.26. The van der Waals surface area contributed by atoms with Crippen molar-refractivity contribution in [3.05, 3.63) is 34.9 Å². The Labute approximate surface area is 262 Å². The van der Waals surface area contributed by atoms with Crippen molar-refractivity contribution < 1.29 is 52.3 Å². The number of carbonyl (C=O) groups is 4. The SMILES string of the molecule is CO[C@@H]1C[C@@H](C)O[C@H]2O[C@@H]3CC4=CC[C@H]5C6=CC[C@H](C7=CC(=O)OC7)[C@@]6(C)[C@@H](OC(C)=O)C(=O)[C@@H]5[C@@]4(C)C[C@H]3O[C@]21OC(C)=O. The van der Waals surface area contributed by atoms with E-state index in [-0.39, 0.29) is 36.4 Å². The molecular weight excluding hydrogens is 584 g/mol. The van der Waals surface area contributed by atoms with Gasteiger partial charge in [0.2, 0.25) is 6.29 Å². The first-order valence-corrected chi connectivity index (χ1v) is 16.0. The maximum Gasteiger partial charge on any atom is 0.331 e. The van der Waals surface area contributed by atoms with Gasteiger partial charge >= 0.3 is 17.9 Å². The molecule has 3 aliphatic heterocycles. The van der Waals surface area contributed by atoms with E-state index in [1.54, 1.807) is 7.11 Å². The number of ketones is 1. The molecule has 4 aliphatic carbocycles. The Hall–Kier alpha value is -2.86. The van der Waals surface area contributed by atoms with Gasteiger partial charge in [0.1, 0.15) is 12.7 Å². The van der Waals surface area contributed by atoms with Crippen molar-refractivity contribution in [1.29, 1.82) is 0 Å². The van der Waals surface area contributed by atoms with Crippen LogP contribution in [-0.2, 0) is 52.3 Å². The van der Waals surface area contributed by atoms with E-state index in [1.165, 1.54) is 19.9 Å². The lowest BCUT2D eigenvalue weighted by atomic mass is 9.47. The van der Waals surface area contributed by atoms with Gasteiger partial charge in [-0.15, -0.1) is 0 Å². The molecule has 2 saturated heterocycles. The number of fused-ring (bicyclic) bond motifs is 7. The van der Waals surface area contributed by atoms with Crippen LogP contribution in [0.5, 0.6) is 0 Å². The fraction of sp³-hybridized carbons (Fsp3) is 0.706. The maximum atomic E-state index is 14.8. The van der Waals surface area contributed by atoms with Gasteiger partial charge in [0, 0.05) is 56.1 Å². The highest BCUT2D eigenvalue weighted by molar-refractivity contribution is 5.93. The molecule has 0 spiro atoms. The monoisotopic (exact) mass is 626 g/mol. The van der Waals surface area contributed by atoms with Gasteiger partial charge in [-0.25, -0.2) is 4.79 Å². The minimum Gasteiger partial charge on any atom is -0.458 e. The second-order valence-corrected chi connectivity index (χ2v) is 14.2. The van der Waals surface area contributed by atoms with Crippen molar-refractivity contribution in [2.24, 2.45) is 28.6 Å². The van der Waals surface area contributed by atoms with Crippen LogP contribution in [0.2, 0.25) is 0 Å². The smallest absolute Gasteiger partial charge is 0.331 e. The van der Waals surface area contributed by atoms with Gasteiger partial charge in [0.05, 0.1) is 18.3 Å². The summed E-state index contributed by atoms with van der Waals surface area (Å²) in [6, 6.07) is 0. The number of esters is 3. The summed E-state index contributed by atoms with van der Waals surface area (Å²) >= 11 is 0. The van der Waals surface area contributed by atoms with Gasteiger partial charge in [-0.2, -0.15) is 0 Å². The highest BCUT2D eigenvalue weighted by Gasteiger charge is 2.68. The van der Waals surface area contributed by atoms with E-state index in [2.05, 4.69) is 19.1 Å². The van der Waals surface area contributed by atoms with Crippen LogP contribution >= 0.6 is 0 Å². The van der Waals surface area contributed by atoms with Crippen LogP contribution < -0.4 is 0 Å². The van der Waals surface area contributed by atoms with Crippen molar-refractivity contribution in [2.75, 3.05) is 13.7 Å². The van der Waals surface area contributed by atoms with Crippen LogP contribution in [0, 0.1) is 28.6 Å². The highest BCUT2D eigenvalue weighted by atomic mass is 16.8. The molecule has 11 nitrogen and oxygen atoms in total. The van der Waals surface area contributed by atoms with E-state index in [4.69, 9.17) is 33.2 Å². The lowest BCUT2D eigenvalue weighted by Crippen LogP contribution is -2.71. The maximum absolute atomic E-state index is 14.8. The molecule has 0 aromatic heterocycles. The molecule has 0 radical (unpaired) electrons. The second-order valence-electron chi connectivity index (χ2n) is 14.2. The third kappa shape index (κ3) is 4.44. The van der Waals surface area contributed by atoms with E-state index in [1.807, 2.05) is 13.8 Å². The Kier molecular flexibility index (Phi) is 7.24. The first-order valence-electron chi connectivity index (χ1n) is 16.0. The van der Waals surface area contributed by atoms with Crippen molar-refractivity contribution in [1.82, 2.24) is 0 Å². The van der Waals surface area contributed by atoms with Gasteiger partial charge in [0.15, 0.2) is 11.9 Å². The van der Waals surface area contributed by atoms with E-state index < -0.39 is 65.0 Å². The number of hydrogen-bond donors (Lipinski definition) is 0. The third-order valence-corrected chi connectivity index (χ3v) is 11.6. The molecule has 12 atom stereocenters. The summed E-state index contributed by atoms with van der Waals surface area (Å²) in [4.78, 5) is 51.8. The van der Waals surface area contributed by atoms with E-state index in [9.17, 15) is 19.2 Å². The average Bonchev–Trinajstić information content (AvgIpc) is 3.54. The average molecular weight is 627 g/mol. The largest absolute Gasteiger partial charge is 0.458 e. The Morgan fingerprint density at radius 3 is 2.47 bits per heavy atom. The number of cyclic esters (lactones) is 1. The van der Waals surface area contributed by atoms with Gasteiger partial charge in [0.25, 0.3) is 5.79 Å². The Morgan fingerprint density at radius 2 is 1.80 bits per heavy atom. The standard InChI is InChI=1S/C34H42O11/c1-16-11-26(39-6)34(44-18(3)36)31(41-16)43-24-13-20-7-8-21-23-10-9-22(19-12-27(37)40-15-19)33(23,5)30(42-17(2)35)29(38)28(21)32(20,4)14-25(24)45-34/h7,10,12,16,21-22,24-26,28,30-31H,8-9,11,13-15H2,1-6H3/t16-,21+,22-,24-,25-,26-,28-,30+,31+,32+,33-,34+/m1/s1. The number of Topliss-reactive ketones (excluding diaryl/α,β-unsaturated/α-hetero) is 1. The normalized spacial score (nSPS) is 46.6. The summed E-state index contributed by atoms with van der Waals surface area (Å²) in [5.74, 6) is -3.97. The molecule has 0 aromatic carbocycles. The first kappa shape index (κ1) is 30.8. The number of ether oxygens (including phenoxy) is 7. The molecule has 0 amide bonds. The summed E-state index contributed by atoms with van der Waals surface area (Å²) in [6.07, 6.45) is 4.90. The van der Waals surface area contributed by atoms with Crippen LogP contribution in [0.1, 0.15) is 66.7 Å². The van der Waals surface area contributed by atoms with Gasteiger partial charge in [-0.1, -0.05) is 37.1 Å². The van der Waals surface area contributed by atoms with Crippen molar-refractivity contribution >= 4 is 23.7 Å². The molecule has 0 bridgehead atoms. The summed E-state index contributed by atoms with van der Waals surface area (Å²) in [5.41, 5.74) is 1.57. The second kappa shape index (κ2) is 10.6. The zero-order valence-electron chi connectivity index (χ0n) is 26.7. The highest BCUT2D eigenvalue weighted by Crippen LogP contribution is 2.66. The fourth-order valence-corrected chi connectivity index (χ4v) is 9.81. The van der Waals surface area contributed by atoms with Crippen LogP contribution in [0.3, 0.4) is 0 Å². The van der Waals surface area contributed by atoms with Crippen molar-refractivity contribution in [3.8, 4) is 0 Å². The summed E-state index contributed by atoms with van der Waals surface area (Å²) in [6.45, 7) is 8.83. The molecular formula is C34H42O11. The minimum atomic E-state index is -1.59. The lowest BCUT2D eigenvalue weighted by molar-refractivity contribution is -0.454. The molecule has 0 unspecified atom stereocenters. The minimum absolute atomic E-state index is 0.117. The molecule has 3 heterocycles. The molecule has 244 valence electrons. The van der Waals surface area contributed by atoms with Gasteiger partial charge in [-0.05, 0) is 44.1 Å². The Morgan fingerprint density at radius 1 is 1.02 bits per heavy atom. The van der Waals surface area contributed by atoms with Crippen LogP contribution in [0.25, 0.3) is 0 Å². The molecule has 7 rings (SSSR count). The molecule has 0 aromatic rings.